The van der Waals surface area contributed by atoms with Gasteiger partial charge in [0, 0.05) is 11.0 Å². The highest BCUT2D eigenvalue weighted by Gasteiger charge is 2.35. The summed E-state index contributed by atoms with van der Waals surface area (Å²) < 4.78 is 2.26. The fourth-order valence-electron chi connectivity index (χ4n) is 5.45. The van der Waals surface area contributed by atoms with Gasteiger partial charge in [0.25, 0.3) is 0 Å². The maximum absolute atomic E-state index is 4.80. The van der Waals surface area contributed by atoms with E-state index in [2.05, 4.69) is 102 Å². The largest absolute Gasteiger partial charge is 0.323 e. The van der Waals surface area contributed by atoms with Gasteiger partial charge in [0.2, 0.25) is 5.78 Å². The van der Waals surface area contributed by atoms with E-state index in [0.29, 0.717) is 0 Å². The molecule has 0 radical (unpaired) electrons. The number of aromatic nitrogens is 3. The van der Waals surface area contributed by atoms with E-state index in [1.54, 1.807) is 0 Å². The minimum Gasteiger partial charge on any atom is -0.323 e. The van der Waals surface area contributed by atoms with Gasteiger partial charge < -0.3 is 4.98 Å². The molecular formula is C28H21N3. The smallest absolute Gasteiger partial charge is 0.213 e. The fraction of sp³-hybridized carbons (Fsp3) is 0.107. The molecule has 1 N–H and O–H groups in total. The molecule has 0 unspecified atom stereocenters. The van der Waals surface area contributed by atoms with E-state index < -0.39 is 0 Å². The molecule has 148 valence electrons. The average molecular weight is 399 g/mol. The minimum absolute atomic E-state index is 0.00893. The molecule has 3 nitrogen and oxygen atoms in total. The topological polar surface area (TPSA) is 33.1 Å². The Hall–Kier alpha value is -3.85. The number of rotatable bonds is 1. The van der Waals surface area contributed by atoms with Crippen LogP contribution in [0.5, 0.6) is 0 Å². The summed E-state index contributed by atoms with van der Waals surface area (Å²) in [6, 6.07) is 30.6. The minimum atomic E-state index is -0.00893. The van der Waals surface area contributed by atoms with E-state index in [1.807, 2.05) is 6.07 Å². The zero-order valence-corrected chi connectivity index (χ0v) is 17.5. The van der Waals surface area contributed by atoms with Crippen LogP contribution >= 0.6 is 0 Å². The molecule has 7 rings (SSSR count). The van der Waals surface area contributed by atoms with E-state index >= 15 is 0 Å². The van der Waals surface area contributed by atoms with Crippen molar-refractivity contribution in [1.29, 1.82) is 0 Å². The highest BCUT2D eigenvalue weighted by molar-refractivity contribution is 5.99. The number of nitrogens with one attached hydrogen (secondary N) is 1. The van der Waals surface area contributed by atoms with E-state index in [1.165, 1.54) is 38.9 Å². The van der Waals surface area contributed by atoms with Crippen LogP contribution in [-0.2, 0) is 5.41 Å². The molecular weight excluding hydrogens is 378 g/mol. The number of H-pyrrole nitrogens is 1. The summed E-state index contributed by atoms with van der Waals surface area (Å²) in [5.74, 6) is 0.887. The predicted octanol–water partition coefficient (Wildman–Crippen LogP) is 6.94. The summed E-state index contributed by atoms with van der Waals surface area (Å²) in [6.07, 6.45) is 0. The van der Waals surface area contributed by atoms with Crippen molar-refractivity contribution in [3.05, 3.63) is 96.1 Å². The van der Waals surface area contributed by atoms with Crippen LogP contribution in [0.4, 0.5) is 0 Å². The van der Waals surface area contributed by atoms with Crippen molar-refractivity contribution >= 4 is 27.8 Å². The molecule has 0 fully saturated rings. The van der Waals surface area contributed by atoms with Crippen molar-refractivity contribution in [1.82, 2.24) is 14.4 Å². The van der Waals surface area contributed by atoms with Gasteiger partial charge in [-0.05, 0) is 52.1 Å². The highest BCUT2D eigenvalue weighted by atomic mass is 15.1. The number of aromatic amines is 1. The molecule has 1 aliphatic rings. The Morgan fingerprint density at radius 2 is 1.52 bits per heavy atom. The SMILES string of the molecule is CC1(C)c2ccccc2-c2ccc(-c3cccc4[nH]c5nc6ccccc6n5c34)cc21. The number of fused-ring (bicyclic) bond motifs is 8. The molecule has 2 aromatic heterocycles. The van der Waals surface area contributed by atoms with Crippen LogP contribution in [0.15, 0.2) is 84.9 Å². The maximum Gasteiger partial charge on any atom is 0.213 e. The third-order valence-electron chi connectivity index (χ3n) is 6.96. The number of imidazole rings is 2. The second kappa shape index (κ2) is 5.64. The van der Waals surface area contributed by atoms with Gasteiger partial charge in [0.05, 0.1) is 22.1 Å². The van der Waals surface area contributed by atoms with Crippen molar-refractivity contribution in [2.75, 3.05) is 0 Å². The van der Waals surface area contributed by atoms with Crippen LogP contribution in [-0.4, -0.2) is 14.4 Å². The normalized spacial score (nSPS) is 14.4. The van der Waals surface area contributed by atoms with Gasteiger partial charge >= 0.3 is 0 Å². The molecule has 0 saturated carbocycles. The summed E-state index contributed by atoms with van der Waals surface area (Å²) in [5.41, 5.74) is 12.4. The van der Waals surface area contributed by atoms with E-state index in [9.17, 15) is 0 Å². The van der Waals surface area contributed by atoms with Crippen molar-refractivity contribution in [3.8, 4) is 22.3 Å². The number of para-hydroxylation sites is 3. The van der Waals surface area contributed by atoms with Gasteiger partial charge in [-0.1, -0.05) is 74.5 Å². The number of nitrogens with zero attached hydrogens (tertiary/aromatic N) is 2. The van der Waals surface area contributed by atoms with Crippen molar-refractivity contribution in [3.63, 3.8) is 0 Å². The number of hydrogen-bond donors (Lipinski definition) is 1. The van der Waals surface area contributed by atoms with Gasteiger partial charge in [0.15, 0.2) is 0 Å². The Balaban J connectivity index is 1.54. The zero-order valence-electron chi connectivity index (χ0n) is 17.5. The molecule has 0 amide bonds. The Kier molecular flexibility index (Phi) is 3.07. The first-order valence-corrected chi connectivity index (χ1v) is 10.8. The molecule has 4 aromatic carbocycles. The van der Waals surface area contributed by atoms with Crippen LogP contribution in [0, 0.1) is 0 Å². The van der Waals surface area contributed by atoms with E-state index in [4.69, 9.17) is 4.98 Å². The molecule has 0 aliphatic heterocycles. The average Bonchev–Trinajstić information content (AvgIpc) is 3.40. The Morgan fingerprint density at radius 1 is 0.742 bits per heavy atom. The summed E-state index contributed by atoms with van der Waals surface area (Å²) in [4.78, 5) is 8.31. The van der Waals surface area contributed by atoms with Gasteiger partial charge in [-0.25, -0.2) is 4.98 Å². The second-order valence-corrected chi connectivity index (χ2v) is 9.02. The fourth-order valence-corrected chi connectivity index (χ4v) is 5.45. The quantitative estimate of drug-likeness (QED) is 0.319. The van der Waals surface area contributed by atoms with Gasteiger partial charge in [-0.3, -0.25) is 4.40 Å². The van der Waals surface area contributed by atoms with Crippen LogP contribution < -0.4 is 0 Å². The summed E-state index contributed by atoms with van der Waals surface area (Å²) >= 11 is 0. The first-order valence-electron chi connectivity index (χ1n) is 10.8. The Morgan fingerprint density at radius 3 is 2.45 bits per heavy atom. The second-order valence-electron chi connectivity index (χ2n) is 9.02. The molecule has 0 atom stereocenters. The van der Waals surface area contributed by atoms with Crippen LogP contribution in [0.1, 0.15) is 25.0 Å². The molecule has 0 saturated heterocycles. The van der Waals surface area contributed by atoms with E-state index in [0.717, 1.165) is 22.3 Å². The van der Waals surface area contributed by atoms with Crippen LogP contribution in [0.2, 0.25) is 0 Å². The van der Waals surface area contributed by atoms with Gasteiger partial charge in [0.1, 0.15) is 0 Å². The van der Waals surface area contributed by atoms with Crippen LogP contribution in [0.3, 0.4) is 0 Å². The highest BCUT2D eigenvalue weighted by Crippen LogP contribution is 2.49. The van der Waals surface area contributed by atoms with Crippen molar-refractivity contribution < 1.29 is 0 Å². The van der Waals surface area contributed by atoms with Crippen LogP contribution in [0.25, 0.3) is 50.1 Å². The standard InChI is InChI=1S/C28H21N3/c1-28(2)21-10-4-3-8-19(21)20-15-14-17(16-22(20)28)18-9-7-12-24-26(18)31-25-13-6-5-11-23(25)29-27(31)30-24/h3-16H,1-2H3,(H,29,30). The lowest BCUT2D eigenvalue weighted by molar-refractivity contribution is 0.660. The molecule has 2 heterocycles. The number of hydrogen-bond acceptors (Lipinski definition) is 1. The third kappa shape index (κ3) is 2.10. The first-order chi connectivity index (χ1) is 15.1. The Bertz CT molecular complexity index is 1660. The van der Waals surface area contributed by atoms with E-state index in [-0.39, 0.29) is 5.41 Å². The molecule has 6 aromatic rings. The Labute approximate surface area is 180 Å². The third-order valence-corrected chi connectivity index (χ3v) is 6.96. The molecule has 0 spiro atoms. The van der Waals surface area contributed by atoms with Crippen molar-refractivity contribution in [2.24, 2.45) is 0 Å². The summed E-state index contributed by atoms with van der Waals surface area (Å²) in [6.45, 7) is 4.67. The predicted molar refractivity (Wildman–Crippen MR) is 128 cm³/mol. The summed E-state index contributed by atoms with van der Waals surface area (Å²) in [5, 5.41) is 0. The molecule has 31 heavy (non-hydrogen) atoms. The van der Waals surface area contributed by atoms with Crippen molar-refractivity contribution in [2.45, 2.75) is 19.3 Å². The summed E-state index contributed by atoms with van der Waals surface area (Å²) in [7, 11) is 0. The maximum atomic E-state index is 4.80. The molecule has 1 aliphatic carbocycles. The lowest BCUT2D eigenvalue weighted by Crippen LogP contribution is -2.14. The number of benzene rings is 4. The monoisotopic (exact) mass is 399 g/mol. The van der Waals surface area contributed by atoms with Gasteiger partial charge in [-0.2, -0.15) is 0 Å². The van der Waals surface area contributed by atoms with Gasteiger partial charge in [-0.15, -0.1) is 0 Å². The first kappa shape index (κ1) is 16.9. The molecule has 0 bridgehead atoms. The lowest BCUT2D eigenvalue weighted by atomic mass is 9.81. The zero-order chi connectivity index (χ0) is 20.7. The molecule has 3 heteroatoms. The lowest BCUT2D eigenvalue weighted by Gasteiger charge is -2.22.